The third kappa shape index (κ3) is 13.3. The van der Waals surface area contributed by atoms with Gasteiger partial charge in [0.1, 0.15) is 0 Å². The van der Waals surface area contributed by atoms with E-state index < -0.39 is 0 Å². The van der Waals surface area contributed by atoms with Crippen LogP contribution in [-0.4, -0.2) is 12.6 Å². The second-order valence-corrected chi connectivity index (χ2v) is 4.81. The topological polar surface area (TPSA) is 26.3 Å². The summed E-state index contributed by atoms with van der Waals surface area (Å²) >= 11 is 0. The van der Waals surface area contributed by atoms with E-state index in [0.717, 1.165) is 19.3 Å². The van der Waals surface area contributed by atoms with Crippen LogP contribution in [-0.2, 0) is 9.53 Å². The molecule has 106 valence electrons. The van der Waals surface area contributed by atoms with E-state index in [2.05, 4.69) is 19.9 Å². The van der Waals surface area contributed by atoms with Crippen LogP contribution in [0.5, 0.6) is 0 Å². The zero-order chi connectivity index (χ0) is 13.5. The molecule has 0 rings (SSSR count). The SMILES string of the molecule is CCCCCCCC/C=C/CC(=O)OCCCC. The highest BCUT2D eigenvalue weighted by Crippen LogP contribution is 2.07. The van der Waals surface area contributed by atoms with E-state index in [0.29, 0.717) is 13.0 Å². The fourth-order valence-electron chi connectivity index (χ4n) is 1.73. The van der Waals surface area contributed by atoms with Crippen molar-refractivity contribution in [2.45, 2.75) is 78.1 Å². The number of esters is 1. The lowest BCUT2D eigenvalue weighted by Crippen LogP contribution is -2.03. The molecule has 0 aromatic heterocycles. The van der Waals surface area contributed by atoms with Crippen molar-refractivity contribution in [2.24, 2.45) is 0 Å². The number of hydrogen-bond acceptors (Lipinski definition) is 2. The minimum atomic E-state index is -0.0948. The maximum atomic E-state index is 11.3. The summed E-state index contributed by atoms with van der Waals surface area (Å²) in [6.07, 6.45) is 15.5. The Morgan fingerprint density at radius 1 is 0.889 bits per heavy atom. The predicted molar refractivity (Wildman–Crippen MR) is 77.6 cm³/mol. The first kappa shape index (κ1) is 17.2. The Morgan fingerprint density at radius 2 is 1.56 bits per heavy atom. The zero-order valence-electron chi connectivity index (χ0n) is 12.2. The van der Waals surface area contributed by atoms with Gasteiger partial charge in [0, 0.05) is 0 Å². The first-order valence-electron chi connectivity index (χ1n) is 7.61. The smallest absolute Gasteiger partial charge is 0.309 e. The van der Waals surface area contributed by atoms with Gasteiger partial charge in [0.25, 0.3) is 0 Å². The second-order valence-electron chi connectivity index (χ2n) is 4.81. The molecule has 0 spiro atoms. The van der Waals surface area contributed by atoms with Crippen molar-refractivity contribution in [3.05, 3.63) is 12.2 Å². The van der Waals surface area contributed by atoms with E-state index in [1.807, 2.05) is 6.08 Å². The Hall–Kier alpha value is -0.790. The monoisotopic (exact) mass is 254 g/mol. The summed E-state index contributed by atoms with van der Waals surface area (Å²) < 4.78 is 5.06. The number of carbonyl (C=O) groups excluding carboxylic acids is 1. The quantitative estimate of drug-likeness (QED) is 0.277. The van der Waals surface area contributed by atoms with Crippen LogP contribution < -0.4 is 0 Å². The highest BCUT2D eigenvalue weighted by atomic mass is 16.5. The fraction of sp³-hybridized carbons (Fsp3) is 0.812. The van der Waals surface area contributed by atoms with Crippen molar-refractivity contribution in [3.63, 3.8) is 0 Å². The molecule has 0 aromatic rings. The van der Waals surface area contributed by atoms with Crippen LogP contribution in [0.15, 0.2) is 12.2 Å². The highest BCUT2D eigenvalue weighted by Gasteiger charge is 1.97. The van der Waals surface area contributed by atoms with Gasteiger partial charge in [-0.1, -0.05) is 64.5 Å². The van der Waals surface area contributed by atoms with Gasteiger partial charge in [0.05, 0.1) is 13.0 Å². The van der Waals surface area contributed by atoms with Gasteiger partial charge in [-0.05, 0) is 19.3 Å². The van der Waals surface area contributed by atoms with E-state index in [9.17, 15) is 4.79 Å². The van der Waals surface area contributed by atoms with E-state index in [1.54, 1.807) is 0 Å². The van der Waals surface area contributed by atoms with Crippen LogP contribution in [0, 0.1) is 0 Å². The molecular formula is C16H30O2. The molecule has 0 heterocycles. The molecular weight excluding hydrogens is 224 g/mol. The Morgan fingerprint density at radius 3 is 2.28 bits per heavy atom. The fourth-order valence-corrected chi connectivity index (χ4v) is 1.73. The average molecular weight is 254 g/mol. The summed E-state index contributed by atoms with van der Waals surface area (Å²) in [5.74, 6) is -0.0948. The lowest BCUT2D eigenvalue weighted by Gasteiger charge is -2.00. The summed E-state index contributed by atoms with van der Waals surface area (Å²) in [5.41, 5.74) is 0. The van der Waals surface area contributed by atoms with Gasteiger partial charge in [-0.3, -0.25) is 4.79 Å². The van der Waals surface area contributed by atoms with Crippen molar-refractivity contribution in [3.8, 4) is 0 Å². The molecule has 0 aliphatic carbocycles. The van der Waals surface area contributed by atoms with E-state index in [1.165, 1.54) is 38.5 Å². The minimum absolute atomic E-state index is 0.0948. The van der Waals surface area contributed by atoms with Crippen molar-refractivity contribution >= 4 is 5.97 Å². The van der Waals surface area contributed by atoms with E-state index >= 15 is 0 Å². The summed E-state index contributed by atoms with van der Waals surface area (Å²) in [5, 5.41) is 0. The first-order valence-corrected chi connectivity index (χ1v) is 7.61. The Balaban J connectivity index is 3.24. The van der Waals surface area contributed by atoms with Gasteiger partial charge in [-0.25, -0.2) is 0 Å². The van der Waals surface area contributed by atoms with Crippen LogP contribution in [0.3, 0.4) is 0 Å². The lowest BCUT2D eigenvalue weighted by molar-refractivity contribution is -0.142. The number of hydrogen-bond donors (Lipinski definition) is 0. The molecule has 0 amide bonds. The molecule has 2 heteroatoms. The first-order chi connectivity index (χ1) is 8.81. The van der Waals surface area contributed by atoms with E-state index in [4.69, 9.17) is 4.74 Å². The highest BCUT2D eigenvalue weighted by molar-refractivity contribution is 5.71. The molecule has 0 atom stereocenters. The molecule has 2 nitrogen and oxygen atoms in total. The number of rotatable bonds is 12. The average Bonchev–Trinajstić information content (AvgIpc) is 2.37. The van der Waals surface area contributed by atoms with Gasteiger partial charge in [0.2, 0.25) is 0 Å². The number of unbranched alkanes of at least 4 members (excludes halogenated alkanes) is 7. The van der Waals surface area contributed by atoms with Gasteiger partial charge in [-0.2, -0.15) is 0 Å². The molecule has 18 heavy (non-hydrogen) atoms. The largest absolute Gasteiger partial charge is 0.465 e. The Labute approximate surface area is 113 Å². The molecule has 0 radical (unpaired) electrons. The summed E-state index contributed by atoms with van der Waals surface area (Å²) in [6.45, 7) is 4.90. The van der Waals surface area contributed by atoms with Gasteiger partial charge < -0.3 is 4.74 Å². The molecule has 0 N–H and O–H groups in total. The summed E-state index contributed by atoms with van der Waals surface area (Å²) in [6, 6.07) is 0. The zero-order valence-corrected chi connectivity index (χ0v) is 12.2. The molecule has 0 saturated heterocycles. The summed E-state index contributed by atoms with van der Waals surface area (Å²) in [4.78, 5) is 11.3. The Kier molecular flexibility index (Phi) is 13.6. The van der Waals surface area contributed by atoms with E-state index in [-0.39, 0.29) is 5.97 Å². The third-order valence-electron chi connectivity index (χ3n) is 2.94. The normalized spacial score (nSPS) is 11.0. The Bertz CT molecular complexity index is 209. The van der Waals surface area contributed by atoms with Gasteiger partial charge in [-0.15, -0.1) is 0 Å². The van der Waals surface area contributed by atoms with Crippen LogP contribution in [0.2, 0.25) is 0 Å². The molecule has 0 unspecified atom stereocenters. The molecule has 0 fully saturated rings. The van der Waals surface area contributed by atoms with Crippen molar-refractivity contribution < 1.29 is 9.53 Å². The van der Waals surface area contributed by atoms with Gasteiger partial charge >= 0.3 is 5.97 Å². The lowest BCUT2D eigenvalue weighted by atomic mass is 10.1. The van der Waals surface area contributed by atoms with Crippen molar-refractivity contribution in [1.82, 2.24) is 0 Å². The standard InChI is InChI=1S/C16H30O2/c1-3-5-7-8-9-10-11-12-13-14-16(17)18-15-6-4-2/h12-13H,3-11,14-15H2,1-2H3/b13-12+. The minimum Gasteiger partial charge on any atom is -0.465 e. The number of allylic oxidation sites excluding steroid dienone is 1. The van der Waals surface area contributed by atoms with Crippen LogP contribution in [0.4, 0.5) is 0 Å². The predicted octanol–water partition coefficient (Wildman–Crippen LogP) is 5.03. The second kappa shape index (κ2) is 14.3. The van der Waals surface area contributed by atoms with Crippen molar-refractivity contribution in [2.75, 3.05) is 6.61 Å². The molecule has 0 aliphatic rings. The number of ether oxygens (including phenoxy) is 1. The van der Waals surface area contributed by atoms with Crippen LogP contribution in [0.1, 0.15) is 78.1 Å². The molecule has 0 aliphatic heterocycles. The maximum absolute atomic E-state index is 11.3. The molecule has 0 bridgehead atoms. The van der Waals surface area contributed by atoms with Crippen LogP contribution >= 0.6 is 0 Å². The molecule has 0 aromatic carbocycles. The van der Waals surface area contributed by atoms with Crippen LogP contribution in [0.25, 0.3) is 0 Å². The van der Waals surface area contributed by atoms with Crippen molar-refractivity contribution in [1.29, 1.82) is 0 Å². The van der Waals surface area contributed by atoms with Gasteiger partial charge in [0.15, 0.2) is 0 Å². The number of carbonyl (C=O) groups is 1. The third-order valence-corrected chi connectivity index (χ3v) is 2.94. The molecule has 0 saturated carbocycles. The maximum Gasteiger partial charge on any atom is 0.309 e. The summed E-state index contributed by atoms with van der Waals surface area (Å²) in [7, 11) is 0.